The van der Waals surface area contributed by atoms with Crippen molar-refractivity contribution in [2.75, 3.05) is 32.7 Å². The molecule has 0 spiro atoms. The van der Waals surface area contributed by atoms with Crippen LogP contribution < -0.4 is 5.32 Å². The fraction of sp³-hybridized carbons (Fsp3) is 1.00. The summed E-state index contributed by atoms with van der Waals surface area (Å²) in [6, 6.07) is 0. The molecular weight excluding hydrogens is 186 g/mol. The molecule has 0 bridgehead atoms. The fourth-order valence-corrected chi connectivity index (χ4v) is 2.04. The zero-order valence-electron chi connectivity index (χ0n) is 9.02. The first kappa shape index (κ1) is 11.9. The van der Waals surface area contributed by atoms with Crippen LogP contribution in [0.25, 0.3) is 0 Å². The van der Waals surface area contributed by atoms with Gasteiger partial charge in [-0.3, -0.25) is 4.90 Å². The Bertz CT molecular complexity index is 168. The van der Waals surface area contributed by atoms with E-state index in [1.807, 2.05) is 11.8 Å². The Kier molecular flexibility index (Phi) is 4.26. The molecule has 0 amide bonds. The Balaban J connectivity index is 2.38. The van der Waals surface area contributed by atoms with Crippen LogP contribution in [-0.4, -0.2) is 44.0 Å². The maximum Gasteiger partial charge on any atom is 0.251 e. The summed E-state index contributed by atoms with van der Waals surface area (Å²) >= 11 is 0. The summed E-state index contributed by atoms with van der Waals surface area (Å²) in [7, 11) is 0. The standard InChI is InChI=1S/C10H20F2N2/c1-3-14(6-9(11)12)8-10(2)4-5-13-7-10/h9,13H,3-8H2,1-2H3. The van der Waals surface area contributed by atoms with Crippen molar-refractivity contribution in [2.24, 2.45) is 5.41 Å². The van der Waals surface area contributed by atoms with Crippen molar-refractivity contribution in [1.82, 2.24) is 10.2 Å². The molecule has 0 radical (unpaired) electrons. The van der Waals surface area contributed by atoms with Gasteiger partial charge in [0.1, 0.15) is 0 Å². The molecule has 14 heavy (non-hydrogen) atoms. The molecule has 0 aromatic carbocycles. The highest BCUT2D eigenvalue weighted by molar-refractivity contribution is 4.86. The molecule has 0 saturated carbocycles. The van der Waals surface area contributed by atoms with Gasteiger partial charge in [-0.1, -0.05) is 13.8 Å². The van der Waals surface area contributed by atoms with E-state index in [0.717, 1.165) is 26.1 Å². The lowest BCUT2D eigenvalue weighted by Gasteiger charge is -2.30. The minimum Gasteiger partial charge on any atom is -0.316 e. The van der Waals surface area contributed by atoms with Crippen molar-refractivity contribution in [3.05, 3.63) is 0 Å². The van der Waals surface area contributed by atoms with Crippen LogP contribution in [0.15, 0.2) is 0 Å². The van der Waals surface area contributed by atoms with Crippen LogP contribution in [0.3, 0.4) is 0 Å². The van der Waals surface area contributed by atoms with Crippen LogP contribution >= 0.6 is 0 Å². The highest BCUT2D eigenvalue weighted by Crippen LogP contribution is 2.25. The minimum absolute atomic E-state index is 0.0912. The lowest BCUT2D eigenvalue weighted by atomic mass is 9.89. The minimum atomic E-state index is -2.21. The summed E-state index contributed by atoms with van der Waals surface area (Å²) in [6.07, 6.45) is -1.12. The van der Waals surface area contributed by atoms with Crippen LogP contribution in [-0.2, 0) is 0 Å². The average Bonchev–Trinajstić information content (AvgIpc) is 2.50. The quantitative estimate of drug-likeness (QED) is 0.734. The van der Waals surface area contributed by atoms with Crippen LogP contribution in [0.4, 0.5) is 8.78 Å². The second kappa shape index (κ2) is 5.03. The third-order valence-corrected chi connectivity index (χ3v) is 2.91. The number of nitrogens with zero attached hydrogens (tertiary/aromatic N) is 1. The molecule has 1 saturated heterocycles. The lowest BCUT2D eigenvalue weighted by molar-refractivity contribution is 0.0711. The zero-order chi connectivity index (χ0) is 10.6. The molecule has 1 rings (SSSR count). The summed E-state index contributed by atoms with van der Waals surface area (Å²) < 4.78 is 24.4. The van der Waals surface area contributed by atoms with Gasteiger partial charge in [0.2, 0.25) is 0 Å². The molecule has 1 aliphatic rings. The van der Waals surface area contributed by atoms with Crippen LogP contribution in [0.2, 0.25) is 0 Å². The number of hydrogen-bond donors (Lipinski definition) is 1. The molecule has 1 heterocycles. The molecule has 1 atom stereocenters. The maximum absolute atomic E-state index is 12.2. The van der Waals surface area contributed by atoms with Crippen molar-refractivity contribution in [3.8, 4) is 0 Å². The van der Waals surface area contributed by atoms with Crippen LogP contribution in [0, 0.1) is 5.41 Å². The van der Waals surface area contributed by atoms with Crippen molar-refractivity contribution in [2.45, 2.75) is 26.7 Å². The molecule has 4 heteroatoms. The van der Waals surface area contributed by atoms with Gasteiger partial charge in [0.25, 0.3) is 6.43 Å². The van der Waals surface area contributed by atoms with E-state index >= 15 is 0 Å². The number of hydrogen-bond acceptors (Lipinski definition) is 2. The van der Waals surface area contributed by atoms with Crippen molar-refractivity contribution < 1.29 is 8.78 Å². The molecule has 0 aromatic heterocycles. The van der Waals surface area contributed by atoms with Crippen LogP contribution in [0.1, 0.15) is 20.3 Å². The van der Waals surface area contributed by atoms with Crippen molar-refractivity contribution >= 4 is 0 Å². The molecule has 84 valence electrons. The lowest BCUT2D eigenvalue weighted by Crippen LogP contribution is -2.39. The van der Waals surface area contributed by atoms with Gasteiger partial charge in [0.05, 0.1) is 6.54 Å². The third kappa shape index (κ3) is 3.50. The fourth-order valence-electron chi connectivity index (χ4n) is 2.04. The van der Waals surface area contributed by atoms with Gasteiger partial charge < -0.3 is 5.32 Å². The molecule has 1 aliphatic heterocycles. The Morgan fingerprint density at radius 1 is 1.50 bits per heavy atom. The normalized spacial score (nSPS) is 27.9. The summed E-state index contributed by atoms with van der Waals surface area (Å²) in [5, 5.41) is 3.28. The first-order valence-electron chi connectivity index (χ1n) is 5.27. The van der Waals surface area contributed by atoms with E-state index in [1.54, 1.807) is 0 Å². The number of alkyl halides is 2. The summed E-state index contributed by atoms with van der Waals surface area (Å²) in [6.45, 7) is 7.47. The summed E-state index contributed by atoms with van der Waals surface area (Å²) in [5.74, 6) is 0. The number of nitrogens with one attached hydrogen (secondary N) is 1. The molecule has 1 fully saturated rings. The highest BCUT2D eigenvalue weighted by Gasteiger charge is 2.30. The zero-order valence-corrected chi connectivity index (χ0v) is 9.02. The summed E-state index contributed by atoms with van der Waals surface area (Å²) in [4.78, 5) is 1.84. The second-order valence-corrected chi connectivity index (χ2v) is 4.46. The Morgan fingerprint density at radius 2 is 2.21 bits per heavy atom. The molecule has 1 N–H and O–H groups in total. The third-order valence-electron chi connectivity index (χ3n) is 2.91. The van der Waals surface area contributed by atoms with Crippen molar-refractivity contribution in [1.29, 1.82) is 0 Å². The molecule has 0 aromatic rings. The van der Waals surface area contributed by atoms with Gasteiger partial charge >= 0.3 is 0 Å². The number of rotatable bonds is 5. The predicted molar refractivity (Wildman–Crippen MR) is 53.7 cm³/mol. The SMILES string of the molecule is CCN(CC(F)F)CC1(C)CCNC1. The first-order chi connectivity index (χ1) is 6.56. The van der Waals surface area contributed by atoms with E-state index in [4.69, 9.17) is 0 Å². The van der Waals surface area contributed by atoms with Gasteiger partial charge in [0, 0.05) is 13.1 Å². The van der Waals surface area contributed by atoms with Gasteiger partial charge in [-0.05, 0) is 24.9 Å². The number of halogens is 2. The van der Waals surface area contributed by atoms with Gasteiger partial charge in [0.15, 0.2) is 0 Å². The van der Waals surface area contributed by atoms with Gasteiger partial charge in [-0.25, -0.2) is 8.78 Å². The molecule has 0 aliphatic carbocycles. The summed E-state index contributed by atoms with van der Waals surface area (Å²) in [5.41, 5.74) is 0.185. The van der Waals surface area contributed by atoms with Crippen LogP contribution in [0.5, 0.6) is 0 Å². The van der Waals surface area contributed by atoms with Gasteiger partial charge in [-0.2, -0.15) is 0 Å². The molecule has 2 nitrogen and oxygen atoms in total. The van der Waals surface area contributed by atoms with E-state index in [-0.39, 0.29) is 12.0 Å². The average molecular weight is 206 g/mol. The van der Waals surface area contributed by atoms with Crippen molar-refractivity contribution in [3.63, 3.8) is 0 Å². The smallest absolute Gasteiger partial charge is 0.251 e. The molecule has 1 unspecified atom stereocenters. The van der Waals surface area contributed by atoms with E-state index in [9.17, 15) is 8.78 Å². The highest BCUT2D eigenvalue weighted by atomic mass is 19.3. The Morgan fingerprint density at radius 3 is 2.64 bits per heavy atom. The van der Waals surface area contributed by atoms with E-state index in [1.165, 1.54) is 0 Å². The second-order valence-electron chi connectivity index (χ2n) is 4.46. The molecular formula is C10H20F2N2. The maximum atomic E-state index is 12.2. The predicted octanol–water partition coefficient (Wildman–Crippen LogP) is 1.57. The van der Waals surface area contributed by atoms with E-state index in [2.05, 4.69) is 12.2 Å². The van der Waals surface area contributed by atoms with E-state index in [0.29, 0.717) is 6.54 Å². The Labute approximate surface area is 84.7 Å². The Hall–Kier alpha value is -0.220. The largest absolute Gasteiger partial charge is 0.316 e. The monoisotopic (exact) mass is 206 g/mol. The van der Waals surface area contributed by atoms with E-state index < -0.39 is 6.43 Å². The first-order valence-corrected chi connectivity index (χ1v) is 5.27. The topological polar surface area (TPSA) is 15.3 Å². The van der Waals surface area contributed by atoms with Gasteiger partial charge in [-0.15, -0.1) is 0 Å².